The minimum Gasteiger partial charge on any atom is -0.445 e. The molecule has 6 nitrogen and oxygen atoms in total. The van der Waals surface area contributed by atoms with Gasteiger partial charge < -0.3 is 15.8 Å². The minimum absolute atomic E-state index is 0.0735. The van der Waals surface area contributed by atoms with Crippen LogP contribution in [0.3, 0.4) is 0 Å². The van der Waals surface area contributed by atoms with Crippen molar-refractivity contribution in [3.63, 3.8) is 0 Å². The van der Waals surface area contributed by atoms with Gasteiger partial charge >= 0.3 is 12.3 Å². The van der Waals surface area contributed by atoms with Crippen LogP contribution in [0.2, 0.25) is 0 Å². The number of alkyl halides is 3. The lowest BCUT2D eigenvalue weighted by Gasteiger charge is -2.07. The van der Waals surface area contributed by atoms with E-state index in [2.05, 4.69) is 27.1 Å². The van der Waals surface area contributed by atoms with Gasteiger partial charge in [-0.2, -0.15) is 13.2 Å². The second kappa shape index (κ2) is 8.01. The standard InChI is InChI=1S/C16H13F3N4O2/c17-16(18,19)13-12(9-22-14(20)23-13)7-4-8-21-15(24)25-10-11-5-2-1-3-6-11/h1-3,5-6,9H,8,10H2,(H,21,24)(H2,20,22,23). The number of nitrogens with zero attached hydrogens (tertiary/aromatic N) is 2. The maximum Gasteiger partial charge on any atom is 0.434 e. The number of ether oxygens (including phenoxy) is 1. The Hall–Kier alpha value is -3.28. The van der Waals surface area contributed by atoms with Crippen LogP contribution in [0.4, 0.5) is 23.9 Å². The van der Waals surface area contributed by atoms with Crippen LogP contribution in [0.1, 0.15) is 16.8 Å². The zero-order valence-electron chi connectivity index (χ0n) is 12.8. The van der Waals surface area contributed by atoms with Crippen molar-refractivity contribution < 1.29 is 22.7 Å². The third-order valence-electron chi connectivity index (χ3n) is 2.83. The van der Waals surface area contributed by atoms with Crippen molar-refractivity contribution in [3.05, 3.63) is 53.3 Å². The van der Waals surface area contributed by atoms with Crippen molar-refractivity contribution in [3.8, 4) is 11.8 Å². The van der Waals surface area contributed by atoms with E-state index >= 15 is 0 Å². The van der Waals surface area contributed by atoms with E-state index in [0.717, 1.165) is 11.8 Å². The number of carbonyl (C=O) groups is 1. The van der Waals surface area contributed by atoms with Gasteiger partial charge in [0.05, 0.1) is 12.1 Å². The van der Waals surface area contributed by atoms with Crippen LogP contribution in [0, 0.1) is 11.8 Å². The molecule has 9 heteroatoms. The number of hydrogen-bond donors (Lipinski definition) is 2. The highest BCUT2D eigenvalue weighted by Crippen LogP contribution is 2.29. The zero-order valence-corrected chi connectivity index (χ0v) is 12.8. The number of aromatic nitrogens is 2. The van der Waals surface area contributed by atoms with Crippen molar-refractivity contribution in [2.45, 2.75) is 12.8 Å². The first-order valence-corrected chi connectivity index (χ1v) is 6.99. The summed E-state index contributed by atoms with van der Waals surface area (Å²) in [6.07, 6.45) is -4.56. The number of carbonyl (C=O) groups excluding carboxylic acids is 1. The van der Waals surface area contributed by atoms with Gasteiger partial charge in [0.1, 0.15) is 6.61 Å². The molecule has 0 aliphatic rings. The molecule has 25 heavy (non-hydrogen) atoms. The molecule has 3 N–H and O–H groups in total. The summed E-state index contributed by atoms with van der Waals surface area (Å²) >= 11 is 0. The van der Waals surface area contributed by atoms with E-state index in [1.807, 2.05) is 6.07 Å². The molecule has 0 bridgehead atoms. The van der Waals surface area contributed by atoms with Crippen LogP contribution in [0.25, 0.3) is 0 Å². The topological polar surface area (TPSA) is 90.1 Å². The van der Waals surface area contributed by atoms with E-state index in [-0.39, 0.29) is 13.2 Å². The number of amides is 1. The first kappa shape index (κ1) is 18.1. The van der Waals surface area contributed by atoms with E-state index in [1.165, 1.54) is 0 Å². The number of nitrogens with two attached hydrogens (primary N) is 1. The lowest BCUT2D eigenvalue weighted by Crippen LogP contribution is -2.24. The molecule has 1 heterocycles. The molecule has 0 aliphatic carbocycles. The summed E-state index contributed by atoms with van der Waals surface area (Å²) in [7, 11) is 0. The van der Waals surface area contributed by atoms with Crippen molar-refractivity contribution >= 4 is 12.0 Å². The molecule has 2 aromatic rings. The van der Waals surface area contributed by atoms with Gasteiger partial charge in [-0.25, -0.2) is 14.8 Å². The number of halogens is 3. The first-order chi connectivity index (χ1) is 11.9. The number of anilines is 1. The predicted octanol–water partition coefficient (Wildman–Crippen LogP) is 2.36. The average Bonchev–Trinajstić information content (AvgIpc) is 2.58. The zero-order chi connectivity index (χ0) is 18.3. The predicted molar refractivity (Wildman–Crippen MR) is 83.0 cm³/mol. The fraction of sp³-hybridized carbons (Fsp3) is 0.188. The summed E-state index contributed by atoms with van der Waals surface area (Å²) in [5, 5.41) is 2.31. The first-order valence-electron chi connectivity index (χ1n) is 6.99. The van der Waals surface area contributed by atoms with Crippen molar-refractivity contribution in [2.24, 2.45) is 0 Å². The number of hydrogen-bond acceptors (Lipinski definition) is 5. The number of nitrogens with one attached hydrogen (secondary N) is 1. The summed E-state index contributed by atoms with van der Waals surface area (Å²) in [5.41, 5.74) is 4.31. The Morgan fingerprint density at radius 2 is 2.00 bits per heavy atom. The van der Waals surface area contributed by atoms with Crippen LogP contribution < -0.4 is 11.1 Å². The maximum absolute atomic E-state index is 12.8. The average molecular weight is 350 g/mol. The van der Waals surface area contributed by atoms with Crippen molar-refractivity contribution in [1.29, 1.82) is 0 Å². The van der Waals surface area contributed by atoms with Crippen molar-refractivity contribution in [2.75, 3.05) is 12.3 Å². The second-order valence-corrected chi connectivity index (χ2v) is 4.71. The molecule has 0 aliphatic heterocycles. The van der Waals surface area contributed by atoms with E-state index in [9.17, 15) is 18.0 Å². The molecule has 0 spiro atoms. The largest absolute Gasteiger partial charge is 0.445 e. The Bertz CT molecular complexity index is 799. The van der Waals surface area contributed by atoms with E-state index < -0.39 is 29.5 Å². The highest BCUT2D eigenvalue weighted by molar-refractivity contribution is 5.67. The molecule has 130 valence electrons. The molecule has 1 aromatic carbocycles. The van der Waals surface area contributed by atoms with Gasteiger partial charge in [-0.05, 0) is 5.56 Å². The monoisotopic (exact) mass is 350 g/mol. The molecule has 0 saturated carbocycles. The van der Waals surface area contributed by atoms with Crippen LogP contribution in [-0.4, -0.2) is 22.6 Å². The van der Waals surface area contributed by atoms with Crippen LogP contribution >= 0.6 is 0 Å². The Balaban J connectivity index is 1.89. The third-order valence-corrected chi connectivity index (χ3v) is 2.83. The molecule has 1 aromatic heterocycles. The van der Waals surface area contributed by atoms with Gasteiger partial charge in [0.15, 0.2) is 5.69 Å². The molecule has 1 amide bonds. The minimum atomic E-state index is -4.71. The number of nitrogen functional groups attached to an aromatic ring is 1. The molecule has 0 radical (unpaired) electrons. The fourth-order valence-electron chi connectivity index (χ4n) is 1.73. The van der Waals surface area contributed by atoms with Crippen LogP contribution in [0.15, 0.2) is 36.5 Å². The highest BCUT2D eigenvalue weighted by Gasteiger charge is 2.35. The Kier molecular flexibility index (Phi) is 5.79. The molecule has 2 rings (SSSR count). The SMILES string of the molecule is Nc1ncc(C#CCNC(=O)OCc2ccccc2)c(C(F)(F)F)n1. The van der Waals surface area contributed by atoms with Crippen LogP contribution in [0.5, 0.6) is 0 Å². The summed E-state index contributed by atoms with van der Waals surface area (Å²) in [4.78, 5) is 18.1. The summed E-state index contributed by atoms with van der Waals surface area (Å²) in [6.45, 7) is -0.126. The fourth-order valence-corrected chi connectivity index (χ4v) is 1.73. The molecule has 0 fully saturated rings. The summed E-state index contributed by atoms with van der Waals surface area (Å²) in [6, 6.07) is 9.00. The van der Waals surface area contributed by atoms with Gasteiger partial charge in [0.2, 0.25) is 5.95 Å². The lowest BCUT2D eigenvalue weighted by atomic mass is 10.2. The highest BCUT2D eigenvalue weighted by atomic mass is 19.4. The number of rotatable bonds is 3. The lowest BCUT2D eigenvalue weighted by molar-refractivity contribution is -0.141. The quantitative estimate of drug-likeness (QED) is 0.830. The Labute approximate surface area is 141 Å². The third kappa shape index (κ3) is 5.69. The summed E-state index contributed by atoms with van der Waals surface area (Å²) < 4.78 is 43.4. The van der Waals surface area contributed by atoms with Crippen LogP contribution in [-0.2, 0) is 17.5 Å². The second-order valence-electron chi connectivity index (χ2n) is 4.71. The molecular weight excluding hydrogens is 337 g/mol. The van der Waals surface area contributed by atoms with Gasteiger partial charge in [-0.1, -0.05) is 42.2 Å². The molecule has 0 unspecified atom stereocenters. The van der Waals surface area contributed by atoms with Gasteiger partial charge in [-0.3, -0.25) is 0 Å². The van der Waals surface area contributed by atoms with E-state index in [1.54, 1.807) is 24.3 Å². The van der Waals surface area contributed by atoms with Crippen molar-refractivity contribution in [1.82, 2.24) is 15.3 Å². The number of benzene rings is 1. The van der Waals surface area contributed by atoms with Gasteiger partial charge in [0.25, 0.3) is 0 Å². The maximum atomic E-state index is 12.8. The normalized spacial score (nSPS) is 10.5. The van der Waals surface area contributed by atoms with Gasteiger partial charge in [0, 0.05) is 6.20 Å². The molecule has 0 saturated heterocycles. The molecular formula is C16H13F3N4O2. The molecule has 0 atom stereocenters. The Morgan fingerprint density at radius 3 is 2.68 bits per heavy atom. The Morgan fingerprint density at radius 1 is 1.28 bits per heavy atom. The van der Waals surface area contributed by atoms with E-state index in [0.29, 0.717) is 0 Å². The van der Waals surface area contributed by atoms with Gasteiger partial charge in [-0.15, -0.1) is 0 Å². The number of alkyl carbamates (subject to hydrolysis) is 1. The smallest absolute Gasteiger partial charge is 0.434 e. The van der Waals surface area contributed by atoms with E-state index in [4.69, 9.17) is 10.5 Å². The summed E-state index contributed by atoms with van der Waals surface area (Å²) in [5.74, 6) is 4.14.